The molecule has 10 nitrogen and oxygen atoms in total. The van der Waals surface area contributed by atoms with Gasteiger partial charge in [0, 0.05) is 25.8 Å². The molecule has 2 heterocycles. The molecule has 0 aliphatic carbocycles. The summed E-state index contributed by atoms with van der Waals surface area (Å²) in [6.45, 7) is 1.67. The summed E-state index contributed by atoms with van der Waals surface area (Å²) < 4.78 is 29.5. The number of benzene rings is 1. The monoisotopic (exact) mass is 453 g/mol. The average molecular weight is 454 g/mol. The maximum Gasteiger partial charge on any atom is 0.256 e. The van der Waals surface area contributed by atoms with Gasteiger partial charge in [-0.2, -0.15) is 0 Å². The van der Waals surface area contributed by atoms with Gasteiger partial charge in [0.25, 0.3) is 11.8 Å². The first-order chi connectivity index (χ1) is 14.3. The molecule has 1 fully saturated rings. The number of halogens is 1. The van der Waals surface area contributed by atoms with Crippen LogP contribution in [-0.4, -0.2) is 63.5 Å². The second-order valence-corrected chi connectivity index (χ2v) is 7.88. The van der Waals surface area contributed by atoms with Crippen LogP contribution in [-0.2, 0) is 15.6 Å². The summed E-state index contributed by atoms with van der Waals surface area (Å²) in [6.07, 6.45) is 0. The first-order valence-electron chi connectivity index (χ1n) is 8.90. The number of nitrogens with two attached hydrogens (primary N) is 1. The van der Waals surface area contributed by atoms with Crippen LogP contribution in [0.3, 0.4) is 0 Å². The van der Waals surface area contributed by atoms with Crippen LogP contribution in [0.1, 0.15) is 20.7 Å². The zero-order valence-electron chi connectivity index (χ0n) is 16.0. The van der Waals surface area contributed by atoms with E-state index in [0.29, 0.717) is 32.0 Å². The van der Waals surface area contributed by atoms with Crippen molar-refractivity contribution in [3.8, 4) is 0 Å². The lowest BCUT2D eigenvalue weighted by molar-refractivity contribution is 0.0303. The number of hydrogen-bond acceptors (Lipinski definition) is 7. The molecule has 1 aromatic carbocycles. The summed E-state index contributed by atoms with van der Waals surface area (Å²) in [7, 11) is -1.65. The number of amides is 2. The zero-order valence-corrected chi connectivity index (χ0v) is 17.7. The van der Waals surface area contributed by atoms with Crippen molar-refractivity contribution in [2.24, 2.45) is 5.73 Å². The minimum Gasteiger partial charge on any atom is -0.378 e. The molecular formula is C18H20ClN5O5S. The lowest BCUT2D eigenvalue weighted by Crippen LogP contribution is -2.41. The third kappa shape index (κ3) is 4.81. The van der Waals surface area contributed by atoms with Gasteiger partial charge >= 0.3 is 0 Å². The van der Waals surface area contributed by atoms with Gasteiger partial charge in [-0.1, -0.05) is 11.6 Å². The number of ether oxygens (including phenoxy) is 1. The van der Waals surface area contributed by atoms with Crippen molar-refractivity contribution >= 4 is 51.5 Å². The number of nitrogens with zero attached hydrogens (tertiary/aromatic N) is 3. The van der Waals surface area contributed by atoms with E-state index in [9.17, 15) is 18.0 Å². The number of hydrogen-bond donors (Lipinski definition) is 3. The molecule has 30 heavy (non-hydrogen) atoms. The van der Waals surface area contributed by atoms with Crippen LogP contribution in [0.25, 0.3) is 0 Å². The van der Waals surface area contributed by atoms with E-state index in [2.05, 4.69) is 10.3 Å². The van der Waals surface area contributed by atoms with Gasteiger partial charge in [-0.3, -0.25) is 13.9 Å². The van der Waals surface area contributed by atoms with E-state index in [4.69, 9.17) is 22.1 Å². The van der Waals surface area contributed by atoms with E-state index in [1.54, 1.807) is 11.0 Å². The molecule has 0 bridgehead atoms. The molecule has 1 aromatic heterocycles. The Morgan fingerprint density at radius 1 is 1.20 bits per heavy atom. The fraction of sp³-hybridized carbons (Fsp3) is 0.278. The summed E-state index contributed by atoms with van der Waals surface area (Å²) in [5, 5.41) is 3.05. The van der Waals surface area contributed by atoms with Crippen LogP contribution in [0.15, 0.2) is 30.3 Å². The molecule has 0 radical (unpaired) electrons. The maximum atomic E-state index is 12.9. The van der Waals surface area contributed by atoms with E-state index in [0.717, 1.165) is 4.31 Å². The number of primary amides is 1. The van der Waals surface area contributed by atoms with Crippen LogP contribution >= 0.6 is 11.6 Å². The van der Waals surface area contributed by atoms with E-state index in [-0.39, 0.29) is 33.7 Å². The minimum atomic E-state index is -2.99. The Morgan fingerprint density at radius 2 is 1.87 bits per heavy atom. The van der Waals surface area contributed by atoms with Crippen molar-refractivity contribution in [2.45, 2.75) is 0 Å². The third-order valence-electron chi connectivity index (χ3n) is 4.51. The van der Waals surface area contributed by atoms with Crippen LogP contribution in [0, 0.1) is 0 Å². The topological polar surface area (TPSA) is 135 Å². The van der Waals surface area contributed by atoms with Crippen molar-refractivity contribution < 1.29 is 22.7 Å². The Bertz CT molecular complexity index is 1050. The quantitative estimate of drug-likeness (QED) is 0.438. The summed E-state index contributed by atoms with van der Waals surface area (Å²) in [4.78, 5) is 30.3. The fourth-order valence-electron chi connectivity index (χ4n) is 2.95. The molecule has 2 amide bonds. The van der Waals surface area contributed by atoms with Gasteiger partial charge in [0.15, 0.2) is 0 Å². The van der Waals surface area contributed by atoms with Gasteiger partial charge in [0.2, 0.25) is 10.9 Å². The lowest BCUT2D eigenvalue weighted by atomic mass is 10.1. The highest BCUT2D eigenvalue weighted by molar-refractivity contribution is 7.74. The van der Waals surface area contributed by atoms with Crippen molar-refractivity contribution in [1.82, 2.24) is 9.88 Å². The predicted molar refractivity (Wildman–Crippen MR) is 113 cm³/mol. The summed E-state index contributed by atoms with van der Waals surface area (Å²) in [5.41, 5.74) is 6.27. The summed E-state index contributed by atoms with van der Waals surface area (Å²) in [5.74, 6) is -0.898. The molecular weight excluding hydrogens is 434 g/mol. The van der Waals surface area contributed by atoms with Gasteiger partial charge < -0.3 is 20.7 Å². The maximum absolute atomic E-state index is 12.9. The van der Waals surface area contributed by atoms with Crippen LogP contribution in [0.4, 0.5) is 17.2 Å². The molecule has 0 atom stereocenters. The number of aromatic nitrogens is 1. The fourth-order valence-corrected chi connectivity index (χ4v) is 3.44. The van der Waals surface area contributed by atoms with Crippen LogP contribution < -0.4 is 15.4 Å². The largest absolute Gasteiger partial charge is 0.378 e. The summed E-state index contributed by atoms with van der Waals surface area (Å²) >= 11 is 5.91. The molecule has 0 unspecified atom stereocenters. The zero-order chi connectivity index (χ0) is 21.8. The number of carbonyl (C=O) groups is 2. The van der Waals surface area contributed by atoms with E-state index in [1.807, 2.05) is 0 Å². The number of anilines is 3. The molecule has 3 N–H and O–H groups in total. The van der Waals surface area contributed by atoms with E-state index in [1.165, 1.54) is 31.3 Å². The number of thiol groups is 1. The van der Waals surface area contributed by atoms with Gasteiger partial charge in [-0.05, 0) is 30.3 Å². The third-order valence-corrected chi connectivity index (χ3v) is 5.43. The van der Waals surface area contributed by atoms with Crippen molar-refractivity contribution in [3.63, 3.8) is 0 Å². The Balaban J connectivity index is 2.00. The van der Waals surface area contributed by atoms with Crippen molar-refractivity contribution in [3.05, 3.63) is 46.6 Å². The highest BCUT2D eigenvalue weighted by Gasteiger charge is 2.23. The minimum absolute atomic E-state index is 0.109. The van der Waals surface area contributed by atoms with Crippen LogP contribution in [0.2, 0.25) is 5.15 Å². The van der Waals surface area contributed by atoms with E-state index < -0.39 is 16.8 Å². The molecule has 12 heteroatoms. The number of carbonyl (C=O) groups excluding carboxylic acids is 2. The van der Waals surface area contributed by atoms with Crippen molar-refractivity contribution in [2.75, 3.05) is 43.0 Å². The number of nitrogens with one attached hydrogen (secondary N) is 1. The Kier molecular flexibility index (Phi) is 6.75. The Morgan fingerprint density at radius 3 is 2.50 bits per heavy atom. The highest BCUT2D eigenvalue weighted by atomic mass is 35.5. The molecule has 1 aliphatic heterocycles. The highest BCUT2D eigenvalue weighted by Crippen LogP contribution is 2.29. The molecule has 160 valence electrons. The standard InChI is InChI=1S/C18H20ClN5O5S/c1-23(30(27)28)14-10-11(21-17-13(16(20)25)4-5-15(19)22-17)2-3-12(14)18(26)24-6-8-29-9-7-24/h2-5,10,30H,6-9H2,1H3,(H2,20,25)(H,21,22). The molecule has 1 aliphatic rings. The van der Waals surface area contributed by atoms with Gasteiger partial charge in [0.1, 0.15) is 11.0 Å². The predicted octanol–water partition coefficient (Wildman–Crippen LogP) is 1.01. The Hall–Kier alpha value is -2.89. The second kappa shape index (κ2) is 9.28. The van der Waals surface area contributed by atoms with Gasteiger partial charge in [-0.15, -0.1) is 0 Å². The van der Waals surface area contributed by atoms with Gasteiger partial charge in [0.05, 0.1) is 30.0 Å². The molecule has 1 saturated heterocycles. The average Bonchev–Trinajstić information content (AvgIpc) is 2.73. The first-order valence-corrected chi connectivity index (χ1v) is 10.4. The molecule has 0 spiro atoms. The normalized spacial score (nSPS) is 13.9. The second-order valence-electron chi connectivity index (χ2n) is 6.42. The molecule has 0 saturated carbocycles. The molecule has 3 rings (SSSR count). The SMILES string of the molecule is CN(c1cc(Nc2nc(Cl)ccc2C(N)=O)ccc1C(=O)N1CCOCC1)[SH](=O)=O. The van der Waals surface area contributed by atoms with Gasteiger partial charge in [-0.25, -0.2) is 13.4 Å². The number of rotatable bonds is 6. The smallest absolute Gasteiger partial charge is 0.256 e. The lowest BCUT2D eigenvalue weighted by Gasteiger charge is -2.28. The number of pyridine rings is 1. The Labute approximate surface area is 179 Å². The van der Waals surface area contributed by atoms with E-state index >= 15 is 0 Å². The molecule has 2 aromatic rings. The van der Waals surface area contributed by atoms with Crippen molar-refractivity contribution in [1.29, 1.82) is 0 Å². The number of morpholine rings is 1. The first kappa shape index (κ1) is 21.8. The van der Waals surface area contributed by atoms with Crippen LogP contribution in [0.5, 0.6) is 0 Å². The summed E-state index contributed by atoms with van der Waals surface area (Å²) in [6, 6.07) is 7.43.